The van der Waals surface area contributed by atoms with Crippen molar-refractivity contribution in [2.75, 3.05) is 0 Å². The van der Waals surface area contributed by atoms with E-state index in [1.54, 1.807) is 6.26 Å². The minimum Gasteiger partial charge on any atom is -0.464 e. The molecule has 2 heterocycles. The summed E-state index contributed by atoms with van der Waals surface area (Å²) in [6.07, 6.45) is 3.49. The summed E-state index contributed by atoms with van der Waals surface area (Å²) in [5, 5.41) is 0. The van der Waals surface area contributed by atoms with Gasteiger partial charge in [0.2, 0.25) is 0 Å². The van der Waals surface area contributed by atoms with Crippen LogP contribution in [0, 0.1) is 0 Å². The van der Waals surface area contributed by atoms with Crippen LogP contribution < -0.4 is 5.56 Å². The molecule has 1 N–H and O–H groups in total. The van der Waals surface area contributed by atoms with Gasteiger partial charge in [-0.25, -0.2) is 0 Å². The van der Waals surface area contributed by atoms with Crippen molar-refractivity contribution in [1.29, 1.82) is 0 Å². The Morgan fingerprint density at radius 3 is 2.42 bits per heavy atom. The fourth-order valence-electron chi connectivity index (χ4n) is 3.94. The van der Waals surface area contributed by atoms with E-state index in [0.717, 1.165) is 46.5 Å². The zero-order chi connectivity index (χ0) is 17.5. The lowest BCUT2D eigenvalue weighted by atomic mass is 9.83. The fraction of sp³-hybridized carbons (Fsp3) is 0.0870. The molecule has 0 radical (unpaired) electrons. The molecule has 0 fully saturated rings. The average molecular weight is 339 g/mol. The fourth-order valence-corrected chi connectivity index (χ4v) is 3.94. The molecule has 2 aromatic heterocycles. The number of furan rings is 1. The van der Waals surface area contributed by atoms with E-state index in [0.29, 0.717) is 5.56 Å². The van der Waals surface area contributed by atoms with E-state index in [-0.39, 0.29) is 5.56 Å². The van der Waals surface area contributed by atoms with Gasteiger partial charge < -0.3 is 9.40 Å². The van der Waals surface area contributed by atoms with Crippen molar-refractivity contribution in [2.45, 2.75) is 12.8 Å². The summed E-state index contributed by atoms with van der Waals surface area (Å²) in [6, 6.07) is 21.9. The molecule has 0 saturated heterocycles. The molecule has 1 aliphatic carbocycles. The molecule has 3 heteroatoms. The summed E-state index contributed by atoms with van der Waals surface area (Å²) in [5.41, 5.74) is 6.86. The molecule has 0 amide bonds. The van der Waals surface area contributed by atoms with E-state index < -0.39 is 0 Å². The Labute approximate surface area is 151 Å². The van der Waals surface area contributed by atoms with Crippen molar-refractivity contribution in [3.05, 3.63) is 94.5 Å². The first kappa shape index (κ1) is 15.0. The van der Waals surface area contributed by atoms with Crippen molar-refractivity contribution in [3.8, 4) is 33.7 Å². The zero-order valence-corrected chi connectivity index (χ0v) is 14.2. The van der Waals surface area contributed by atoms with Gasteiger partial charge in [0.25, 0.3) is 5.56 Å². The smallest absolute Gasteiger partial charge is 0.257 e. The highest BCUT2D eigenvalue weighted by Crippen LogP contribution is 2.40. The third-order valence-corrected chi connectivity index (χ3v) is 5.08. The lowest BCUT2D eigenvalue weighted by Crippen LogP contribution is -2.18. The largest absolute Gasteiger partial charge is 0.464 e. The van der Waals surface area contributed by atoms with Crippen LogP contribution in [0.4, 0.5) is 0 Å². The molecule has 0 aliphatic heterocycles. The molecule has 5 rings (SSSR count). The summed E-state index contributed by atoms with van der Waals surface area (Å²) in [7, 11) is 0. The van der Waals surface area contributed by atoms with Gasteiger partial charge in [0, 0.05) is 11.1 Å². The molecule has 26 heavy (non-hydrogen) atoms. The van der Waals surface area contributed by atoms with Crippen molar-refractivity contribution in [3.63, 3.8) is 0 Å². The number of fused-ring (bicyclic) bond motifs is 3. The van der Waals surface area contributed by atoms with Crippen molar-refractivity contribution < 1.29 is 4.42 Å². The second kappa shape index (κ2) is 5.88. The summed E-state index contributed by atoms with van der Waals surface area (Å²) in [5.74, 6) is 0.741. The molecule has 1 aliphatic rings. The second-order valence-corrected chi connectivity index (χ2v) is 6.56. The Kier molecular flexibility index (Phi) is 3.39. The molecule has 4 aromatic rings. The predicted octanol–water partition coefficient (Wildman–Crippen LogP) is 5.07. The Balaban J connectivity index is 1.89. The number of hydrogen-bond acceptors (Lipinski definition) is 2. The van der Waals surface area contributed by atoms with Crippen molar-refractivity contribution >= 4 is 0 Å². The SMILES string of the molecule is O=c1[nH]c2c(c(-c3ccco3)c1-c1ccccc1)CCc1ccccc1-2. The van der Waals surface area contributed by atoms with E-state index in [4.69, 9.17) is 4.42 Å². The van der Waals surface area contributed by atoms with Crippen molar-refractivity contribution in [1.82, 2.24) is 4.98 Å². The minimum atomic E-state index is -0.0851. The molecular formula is C23H17NO2. The quantitative estimate of drug-likeness (QED) is 0.554. The summed E-state index contributed by atoms with van der Waals surface area (Å²) in [6.45, 7) is 0. The highest BCUT2D eigenvalue weighted by atomic mass is 16.3. The normalized spacial score (nSPS) is 12.5. The van der Waals surface area contributed by atoms with Crippen LogP contribution in [0.15, 0.2) is 82.2 Å². The lowest BCUT2D eigenvalue weighted by molar-refractivity contribution is 0.581. The standard InChI is InChI=1S/C23H17NO2/c25-23-20(16-8-2-1-3-9-16)21(19-11-6-14-26-19)18-13-12-15-7-4-5-10-17(15)22(18)24-23/h1-11,14H,12-13H2,(H,24,25). The number of aromatic amines is 1. The molecule has 0 spiro atoms. The van der Waals surface area contributed by atoms with Crippen LogP contribution in [-0.2, 0) is 12.8 Å². The van der Waals surface area contributed by atoms with Crippen LogP contribution in [0.5, 0.6) is 0 Å². The van der Waals surface area contributed by atoms with Gasteiger partial charge in [-0.1, -0.05) is 54.6 Å². The summed E-state index contributed by atoms with van der Waals surface area (Å²) in [4.78, 5) is 16.3. The molecule has 126 valence electrons. The van der Waals surface area contributed by atoms with Gasteiger partial charge in [0.05, 0.1) is 17.5 Å². The Morgan fingerprint density at radius 2 is 1.62 bits per heavy atom. The predicted molar refractivity (Wildman–Crippen MR) is 103 cm³/mol. The van der Waals surface area contributed by atoms with Gasteiger partial charge in [0.15, 0.2) is 0 Å². The first-order valence-corrected chi connectivity index (χ1v) is 8.79. The van der Waals surface area contributed by atoms with E-state index in [9.17, 15) is 4.79 Å². The van der Waals surface area contributed by atoms with Gasteiger partial charge >= 0.3 is 0 Å². The van der Waals surface area contributed by atoms with Crippen LogP contribution >= 0.6 is 0 Å². The van der Waals surface area contributed by atoms with E-state index >= 15 is 0 Å². The third-order valence-electron chi connectivity index (χ3n) is 5.08. The Bertz CT molecular complexity index is 1140. The zero-order valence-electron chi connectivity index (χ0n) is 14.2. The number of nitrogens with one attached hydrogen (secondary N) is 1. The maximum absolute atomic E-state index is 13.1. The number of H-pyrrole nitrogens is 1. The maximum Gasteiger partial charge on any atom is 0.257 e. The van der Waals surface area contributed by atoms with Gasteiger partial charge in [0.1, 0.15) is 5.76 Å². The van der Waals surface area contributed by atoms with Crippen LogP contribution in [0.3, 0.4) is 0 Å². The van der Waals surface area contributed by atoms with Gasteiger partial charge in [-0.05, 0) is 41.7 Å². The summed E-state index contributed by atoms with van der Waals surface area (Å²) < 4.78 is 5.74. The highest BCUT2D eigenvalue weighted by molar-refractivity contribution is 5.88. The number of hydrogen-bond donors (Lipinski definition) is 1. The Morgan fingerprint density at radius 1 is 0.808 bits per heavy atom. The molecule has 3 nitrogen and oxygen atoms in total. The first-order valence-electron chi connectivity index (χ1n) is 8.79. The van der Waals surface area contributed by atoms with Crippen LogP contribution in [-0.4, -0.2) is 4.98 Å². The molecule has 2 aromatic carbocycles. The molecule has 0 saturated carbocycles. The molecule has 0 unspecified atom stereocenters. The molecule has 0 bridgehead atoms. The highest BCUT2D eigenvalue weighted by Gasteiger charge is 2.26. The van der Waals surface area contributed by atoms with Crippen LogP contribution in [0.2, 0.25) is 0 Å². The van der Waals surface area contributed by atoms with Gasteiger partial charge in [-0.3, -0.25) is 4.79 Å². The lowest BCUT2D eigenvalue weighted by Gasteiger charge is -2.23. The van der Waals surface area contributed by atoms with E-state index in [2.05, 4.69) is 17.1 Å². The van der Waals surface area contributed by atoms with E-state index in [1.807, 2.05) is 54.6 Å². The third kappa shape index (κ3) is 2.25. The Hall–Kier alpha value is -3.33. The number of aromatic nitrogens is 1. The average Bonchev–Trinajstić information content (AvgIpc) is 3.22. The molecular weight excluding hydrogens is 322 g/mol. The van der Waals surface area contributed by atoms with Gasteiger partial charge in [-0.2, -0.15) is 0 Å². The monoisotopic (exact) mass is 339 g/mol. The maximum atomic E-state index is 13.1. The minimum absolute atomic E-state index is 0.0851. The number of rotatable bonds is 2. The number of benzene rings is 2. The molecule has 0 atom stereocenters. The van der Waals surface area contributed by atoms with Crippen LogP contribution in [0.1, 0.15) is 11.1 Å². The first-order chi connectivity index (χ1) is 12.8. The van der Waals surface area contributed by atoms with E-state index in [1.165, 1.54) is 5.56 Å². The van der Waals surface area contributed by atoms with Gasteiger partial charge in [-0.15, -0.1) is 0 Å². The van der Waals surface area contributed by atoms with Crippen LogP contribution in [0.25, 0.3) is 33.7 Å². The summed E-state index contributed by atoms with van der Waals surface area (Å²) >= 11 is 0. The number of aryl methyl sites for hydroxylation is 1. The second-order valence-electron chi connectivity index (χ2n) is 6.56. The topological polar surface area (TPSA) is 46.0 Å². The van der Waals surface area contributed by atoms with Crippen molar-refractivity contribution in [2.24, 2.45) is 0 Å². The number of pyridine rings is 1.